The third-order valence-corrected chi connectivity index (χ3v) is 5.07. The molecule has 1 fully saturated rings. The van der Waals surface area contributed by atoms with Gasteiger partial charge in [0.05, 0.1) is 26.8 Å². The van der Waals surface area contributed by atoms with E-state index < -0.39 is 5.60 Å². The quantitative estimate of drug-likeness (QED) is 0.860. The van der Waals surface area contributed by atoms with Gasteiger partial charge in [0, 0.05) is 6.42 Å². The molecule has 0 aromatic heterocycles. The Bertz CT molecular complexity index is 567. The lowest BCUT2D eigenvalue weighted by molar-refractivity contribution is -0.917. The first kappa shape index (κ1) is 16.2. The predicted octanol–water partition coefficient (Wildman–Crippen LogP) is 2.79. The minimum atomic E-state index is -0.942. The molecule has 0 atom stereocenters. The van der Waals surface area contributed by atoms with Gasteiger partial charge in [0.2, 0.25) is 0 Å². The van der Waals surface area contributed by atoms with Crippen LogP contribution in [-0.4, -0.2) is 49.5 Å². The Balaban J connectivity index is 1.87. The Morgan fingerprint density at radius 1 is 0.913 bits per heavy atom. The molecule has 0 radical (unpaired) electrons. The Morgan fingerprint density at radius 3 is 1.87 bits per heavy atom. The topological polar surface area (TPSA) is 29.5 Å². The van der Waals surface area contributed by atoms with Gasteiger partial charge in [-0.15, -0.1) is 0 Å². The molecule has 3 rings (SSSR count). The highest BCUT2D eigenvalue weighted by atomic mass is 16.5. The number of likely N-dealkylation sites (N-methyl/N-ethyl adjacent to an activating group) is 1. The van der Waals surface area contributed by atoms with Gasteiger partial charge in [-0.25, -0.2) is 0 Å². The minimum Gasteiger partial charge on any atom is -0.380 e. The molecule has 2 aromatic carbocycles. The number of hydrogen-bond acceptors (Lipinski definition) is 2. The molecule has 1 heterocycles. The smallest absolute Gasteiger partial charge is 0.120 e. The summed E-state index contributed by atoms with van der Waals surface area (Å²) >= 11 is 0. The van der Waals surface area contributed by atoms with Gasteiger partial charge >= 0.3 is 0 Å². The van der Waals surface area contributed by atoms with Gasteiger partial charge < -0.3 is 14.3 Å². The van der Waals surface area contributed by atoms with Crippen molar-refractivity contribution in [2.75, 3.05) is 39.9 Å². The van der Waals surface area contributed by atoms with E-state index in [0.717, 1.165) is 48.5 Å². The van der Waals surface area contributed by atoms with E-state index in [1.54, 1.807) is 0 Å². The maximum atomic E-state index is 11.6. The summed E-state index contributed by atoms with van der Waals surface area (Å²) in [6.07, 6.45) is 0.706. The van der Waals surface area contributed by atoms with E-state index in [4.69, 9.17) is 4.74 Å². The molecule has 1 saturated heterocycles. The van der Waals surface area contributed by atoms with E-state index in [-0.39, 0.29) is 0 Å². The number of nitrogens with zero attached hydrogens (tertiary/aromatic N) is 1. The zero-order valence-electron chi connectivity index (χ0n) is 13.8. The predicted molar refractivity (Wildman–Crippen MR) is 92.1 cm³/mol. The molecule has 0 bridgehead atoms. The number of aliphatic hydroxyl groups is 1. The van der Waals surface area contributed by atoms with E-state index in [1.165, 1.54) is 0 Å². The van der Waals surface area contributed by atoms with Crippen molar-refractivity contribution in [3.8, 4) is 0 Å². The zero-order valence-corrected chi connectivity index (χ0v) is 13.8. The van der Waals surface area contributed by atoms with Crippen LogP contribution in [0.4, 0.5) is 0 Å². The van der Waals surface area contributed by atoms with Crippen molar-refractivity contribution in [3.63, 3.8) is 0 Å². The molecule has 0 saturated carbocycles. The molecule has 1 aliphatic heterocycles. The summed E-state index contributed by atoms with van der Waals surface area (Å²) < 4.78 is 6.45. The van der Waals surface area contributed by atoms with Crippen LogP contribution in [0.1, 0.15) is 17.5 Å². The van der Waals surface area contributed by atoms with E-state index in [9.17, 15) is 5.11 Å². The Hall–Kier alpha value is -1.68. The van der Waals surface area contributed by atoms with E-state index in [2.05, 4.69) is 7.05 Å². The standard InChI is InChI=1S/C20H26NO2/c1-21(14-16-23-17-15-21)13-12-20(22,18-8-4-2-5-9-18)19-10-6-3-7-11-19/h2-11,22H,12-17H2,1H3/q+1. The largest absolute Gasteiger partial charge is 0.380 e. The number of rotatable bonds is 5. The second-order valence-corrected chi connectivity index (χ2v) is 6.75. The van der Waals surface area contributed by atoms with Gasteiger partial charge in [0.15, 0.2) is 0 Å². The van der Waals surface area contributed by atoms with Crippen LogP contribution in [0.2, 0.25) is 0 Å². The average molecular weight is 312 g/mol. The third kappa shape index (κ3) is 3.63. The number of benzene rings is 2. The molecule has 2 aromatic rings. The molecule has 0 aliphatic carbocycles. The minimum absolute atomic E-state index is 0.706. The highest BCUT2D eigenvalue weighted by Crippen LogP contribution is 2.33. The summed E-state index contributed by atoms with van der Waals surface area (Å²) in [5.41, 5.74) is 0.986. The molecule has 0 unspecified atom stereocenters. The maximum absolute atomic E-state index is 11.6. The Morgan fingerprint density at radius 2 is 1.39 bits per heavy atom. The van der Waals surface area contributed by atoms with Crippen LogP contribution in [0.15, 0.2) is 60.7 Å². The highest BCUT2D eigenvalue weighted by molar-refractivity contribution is 5.35. The Kier molecular flexibility index (Phi) is 4.81. The molecule has 122 valence electrons. The van der Waals surface area contributed by atoms with Crippen molar-refractivity contribution >= 4 is 0 Å². The SMILES string of the molecule is C[N+]1(CCC(O)(c2ccccc2)c2ccccc2)CCOCC1. The van der Waals surface area contributed by atoms with Crippen LogP contribution >= 0.6 is 0 Å². The lowest BCUT2D eigenvalue weighted by Crippen LogP contribution is -2.53. The monoisotopic (exact) mass is 312 g/mol. The van der Waals surface area contributed by atoms with Crippen molar-refractivity contribution in [2.45, 2.75) is 12.0 Å². The van der Waals surface area contributed by atoms with Crippen LogP contribution in [0.5, 0.6) is 0 Å². The van der Waals surface area contributed by atoms with Crippen molar-refractivity contribution in [3.05, 3.63) is 71.8 Å². The van der Waals surface area contributed by atoms with Crippen LogP contribution in [0, 0.1) is 0 Å². The van der Waals surface area contributed by atoms with Crippen LogP contribution in [0.25, 0.3) is 0 Å². The fraction of sp³-hybridized carbons (Fsp3) is 0.400. The van der Waals surface area contributed by atoms with Gasteiger partial charge in [0.1, 0.15) is 18.7 Å². The fourth-order valence-electron chi connectivity index (χ4n) is 3.32. The summed E-state index contributed by atoms with van der Waals surface area (Å²) in [5.74, 6) is 0. The fourth-order valence-corrected chi connectivity index (χ4v) is 3.32. The molecule has 1 aliphatic rings. The molecule has 3 heteroatoms. The molecule has 0 amide bonds. The number of ether oxygens (including phenoxy) is 1. The second-order valence-electron chi connectivity index (χ2n) is 6.75. The lowest BCUT2D eigenvalue weighted by atomic mass is 9.83. The van der Waals surface area contributed by atoms with Crippen molar-refractivity contribution in [2.24, 2.45) is 0 Å². The van der Waals surface area contributed by atoms with E-state index in [0.29, 0.717) is 6.42 Å². The maximum Gasteiger partial charge on any atom is 0.120 e. The molecule has 3 nitrogen and oxygen atoms in total. The third-order valence-electron chi connectivity index (χ3n) is 5.07. The first-order chi connectivity index (χ1) is 11.1. The number of hydrogen-bond donors (Lipinski definition) is 1. The van der Waals surface area contributed by atoms with Crippen LogP contribution in [-0.2, 0) is 10.3 Å². The molecular weight excluding hydrogens is 286 g/mol. The molecule has 0 spiro atoms. The first-order valence-electron chi connectivity index (χ1n) is 8.37. The Labute approximate surface area is 138 Å². The highest BCUT2D eigenvalue weighted by Gasteiger charge is 2.35. The van der Waals surface area contributed by atoms with E-state index >= 15 is 0 Å². The normalized spacial score (nSPS) is 17.8. The summed E-state index contributed by atoms with van der Waals surface area (Å²) in [5, 5.41) is 11.6. The van der Waals surface area contributed by atoms with E-state index in [1.807, 2.05) is 60.7 Å². The van der Waals surface area contributed by atoms with Crippen molar-refractivity contribution in [1.82, 2.24) is 0 Å². The summed E-state index contributed by atoms with van der Waals surface area (Å²) in [6, 6.07) is 20.0. The summed E-state index contributed by atoms with van der Waals surface area (Å²) in [4.78, 5) is 0. The van der Waals surface area contributed by atoms with Crippen LogP contribution in [0.3, 0.4) is 0 Å². The van der Waals surface area contributed by atoms with Gasteiger partial charge in [-0.1, -0.05) is 60.7 Å². The van der Waals surface area contributed by atoms with Gasteiger partial charge in [-0.05, 0) is 11.1 Å². The van der Waals surface area contributed by atoms with Crippen molar-refractivity contribution in [1.29, 1.82) is 0 Å². The van der Waals surface area contributed by atoms with Gasteiger partial charge in [-0.3, -0.25) is 0 Å². The summed E-state index contributed by atoms with van der Waals surface area (Å²) in [6.45, 7) is 4.58. The molecular formula is C20H26NO2+. The first-order valence-corrected chi connectivity index (χ1v) is 8.37. The summed E-state index contributed by atoms with van der Waals surface area (Å²) in [7, 11) is 2.26. The van der Waals surface area contributed by atoms with Gasteiger partial charge in [0.25, 0.3) is 0 Å². The number of quaternary nitrogens is 1. The van der Waals surface area contributed by atoms with Crippen LogP contribution < -0.4 is 0 Å². The van der Waals surface area contributed by atoms with Gasteiger partial charge in [-0.2, -0.15) is 0 Å². The van der Waals surface area contributed by atoms with Crippen molar-refractivity contribution < 1.29 is 14.3 Å². The lowest BCUT2D eigenvalue weighted by Gasteiger charge is -2.40. The number of morpholine rings is 1. The molecule has 1 N–H and O–H groups in total. The second kappa shape index (κ2) is 6.83. The molecule has 23 heavy (non-hydrogen) atoms. The zero-order chi connectivity index (χ0) is 16.2. The average Bonchev–Trinajstić information content (AvgIpc) is 2.62.